The van der Waals surface area contributed by atoms with E-state index in [9.17, 15) is 4.79 Å². The number of aromatic nitrogens is 2. The number of aryl methyl sites for hydroxylation is 1. The highest BCUT2D eigenvalue weighted by atomic mass is 32.2. The molecule has 1 aromatic heterocycles. The van der Waals surface area contributed by atoms with Crippen molar-refractivity contribution in [3.8, 4) is 0 Å². The Morgan fingerprint density at radius 2 is 2.18 bits per heavy atom. The van der Waals surface area contributed by atoms with Gasteiger partial charge in [-0.2, -0.15) is 0 Å². The molecule has 0 aliphatic heterocycles. The largest absolute Gasteiger partial charge is 0.383 e. The number of nitrogens with zero attached hydrogens (tertiary/aromatic N) is 3. The van der Waals surface area contributed by atoms with Crippen molar-refractivity contribution < 1.29 is 4.79 Å². The highest BCUT2D eigenvalue weighted by Gasteiger charge is 2.23. The Kier molecular flexibility index (Phi) is 3.47. The average molecular weight is 249 g/mol. The molecule has 5 heteroatoms. The smallest absolute Gasteiger partial charge is 0.193 e. The second-order valence-corrected chi connectivity index (χ2v) is 4.94. The molecule has 0 amide bonds. The zero-order valence-electron chi connectivity index (χ0n) is 10.2. The van der Waals surface area contributed by atoms with Gasteiger partial charge in [-0.15, -0.1) is 0 Å². The lowest BCUT2D eigenvalue weighted by molar-refractivity contribution is 0.102. The Bertz CT molecular complexity index is 483. The lowest BCUT2D eigenvalue weighted by Crippen LogP contribution is -2.18. The summed E-state index contributed by atoms with van der Waals surface area (Å²) in [5.41, 5.74) is 2.37. The van der Waals surface area contributed by atoms with Crippen LogP contribution in [0.5, 0.6) is 0 Å². The molecule has 0 fully saturated rings. The number of allylic oxidation sites excluding steroid dienone is 1. The molecular weight excluding hydrogens is 234 g/mol. The van der Waals surface area contributed by atoms with Crippen LogP contribution in [0.1, 0.15) is 22.5 Å². The fourth-order valence-electron chi connectivity index (χ4n) is 1.85. The van der Waals surface area contributed by atoms with E-state index in [-0.39, 0.29) is 5.78 Å². The van der Waals surface area contributed by atoms with Gasteiger partial charge in [-0.05, 0) is 19.1 Å². The Balaban J connectivity index is 2.37. The predicted octanol–water partition coefficient (Wildman–Crippen LogP) is 1.77. The Hall–Kier alpha value is -1.36. The molecular formula is C12H15N3OS. The molecule has 0 atom stereocenters. The standard InChI is InChI=1S/C12H15N3OS/c1-15(2)7-8-4-5-10-9(11(8)16)6-13-12(14-10)17-3/h6-7H,4-5H2,1-3H3/b8-7+. The molecule has 0 unspecified atom stereocenters. The quantitative estimate of drug-likeness (QED) is 0.454. The number of Topliss-reactive ketones (excluding diaryl/α,β-unsaturated/α-hetero) is 1. The van der Waals surface area contributed by atoms with E-state index >= 15 is 0 Å². The van der Waals surface area contributed by atoms with E-state index in [1.807, 2.05) is 31.5 Å². The average Bonchev–Trinajstić information content (AvgIpc) is 2.32. The van der Waals surface area contributed by atoms with Crippen molar-refractivity contribution in [1.82, 2.24) is 14.9 Å². The minimum absolute atomic E-state index is 0.0626. The molecule has 0 spiro atoms. The van der Waals surface area contributed by atoms with Crippen LogP contribution in [-0.4, -0.2) is 41.0 Å². The van der Waals surface area contributed by atoms with E-state index < -0.39 is 0 Å². The fraction of sp³-hybridized carbons (Fsp3) is 0.417. The molecule has 0 radical (unpaired) electrons. The molecule has 1 aliphatic rings. The van der Waals surface area contributed by atoms with Crippen LogP contribution in [0.3, 0.4) is 0 Å². The molecule has 1 heterocycles. The van der Waals surface area contributed by atoms with Crippen LogP contribution in [0.2, 0.25) is 0 Å². The number of hydrogen-bond donors (Lipinski definition) is 0. The maximum absolute atomic E-state index is 12.2. The second kappa shape index (κ2) is 4.87. The maximum Gasteiger partial charge on any atom is 0.193 e. The monoisotopic (exact) mass is 249 g/mol. The molecule has 1 aromatic rings. The molecule has 17 heavy (non-hydrogen) atoms. The van der Waals surface area contributed by atoms with Crippen molar-refractivity contribution >= 4 is 17.5 Å². The van der Waals surface area contributed by atoms with Gasteiger partial charge in [-0.25, -0.2) is 9.97 Å². The van der Waals surface area contributed by atoms with Gasteiger partial charge in [0.05, 0.1) is 11.3 Å². The summed E-state index contributed by atoms with van der Waals surface area (Å²) >= 11 is 1.50. The summed E-state index contributed by atoms with van der Waals surface area (Å²) in [5.74, 6) is 0.0626. The molecule has 4 nitrogen and oxygen atoms in total. The van der Waals surface area contributed by atoms with E-state index in [1.54, 1.807) is 6.20 Å². The predicted molar refractivity (Wildman–Crippen MR) is 68.2 cm³/mol. The minimum atomic E-state index is 0.0626. The lowest BCUT2D eigenvalue weighted by Gasteiger charge is -2.18. The van der Waals surface area contributed by atoms with Gasteiger partial charge in [-0.1, -0.05) is 11.8 Å². The number of carbonyl (C=O) groups excluding carboxylic acids is 1. The van der Waals surface area contributed by atoms with Crippen molar-refractivity contribution in [1.29, 1.82) is 0 Å². The van der Waals surface area contributed by atoms with Crippen LogP contribution in [-0.2, 0) is 6.42 Å². The van der Waals surface area contributed by atoms with Gasteiger partial charge in [0.25, 0.3) is 0 Å². The summed E-state index contributed by atoms with van der Waals surface area (Å²) in [5, 5.41) is 0.733. The number of carbonyl (C=O) groups is 1. The summed E-state index contributed by atoms with van der Waals surface area (Å²) in [6.45, 7) is 0. The van der Waals surface area contributed by atoms with Gasteiger partial charge >= 0.3 is 0 Å². The lowest BCUT2D eigenvalue weighted by atomic mass is 9.92. The van der Waals surface area contributed by atoms with Gasteiger partial charge in [0.1, 0.15) is 0 Å². The third-order valence-corrected chi connectivity index (χ3v) is 3.17. The summed E-state index contributed by atoms with van der Waals surface area (Å²) < 4.78 is 0. The van der Waals surface area contributed by atoms with Crippen molar-refractivity contribution in [2.75, 3.05) is 20.4 Å². The highest BCUT2D eigenvalue weighted by Crippen LogP contribution is 2.24. The topological polar surface area (TPSA) is 46.1 Å². The molecule has 1 aliphatic carbocycles. The number of thioether (sulfide) groups is 1. The first-order valence-corrected chi connectivity index (χ1v) is 6.66. The summed E-state index contributed by atoms with van der Waals surface area (Å²) in [6, 6.07) is 0. The van der Waals surface area contributed by atoms with Crippen molar-refractivity contribution in [3.05, 3.63) is 29.2 Å². The van der Waals surface area contributed by atoms with Gasteiger partial charge < -0.3 is 4.90 Å². The van der Waals surface area contributed by atoms with Gasteiger partial charge in [0, 0.05) is 32.1 Å². The Morgan fingerprint density at radius 1 is 1.41 bits per heavy atom. The second-order valence-electron chi connectivity index (χ2n) is 4.16. The summed E-state index contributed by atoms with van der Waals surface area (Å²) in [6.07, 6.45) is 7.04. The molecule has 90 valence electrons. The van der Waals surface area contributed by atoms with E-state index in [0.717, 1.165) is 29.3 Å². The van der Waals surface area contributed by atoms with Gasteiger partial charge in [-0.3, -0.25) is 4.79 Å². The van der Waals surface area contributed by atoms with E-state index in [4.69, 9.17) is 0 Å². The molecule has 0 saturated heterocycles. The number of hydrogen-bond acceptors (Lipinski definition) is 5. The molecule has 2 rings (SSSR count). The maximum atomic E-state index is 12.2. The normalized spacial score (nSPS) is 17.1. The van der Waals surface area contributed by atoms with E-state index in [2.05, 4.69) is 9.97 Å². The Labute approximate surface area is 105 Å². The van der Waals surface area contributed by atoms with Crippen LogP contribution >= 0.6 is 11.8 Å². The molecule has 0 saturated carbocycles. The van der Waals surface area contributed by atoms with E-state index in [0.29, 0.717) is 5.56 Å². The number of ketones is 1. The van der Waals surface area contributed by atoms with Crippen LogP contribution in [0.15, 0.2) is 23.1 Å². The zero-order chi connectivity index (χ0) is 12.4. The Morgan fingerprint density at radius 3 is 2.82 bits per heavy atom. The van der Waals surface area contributed by atoms with Crippen molar-refractivity contribution in [2.45, 2.75) is 18.0 Å². The van der Waals surface area contributed by atoms with Gasteiger partial charge in [0.15, 0.2) is 10.9 Å². The minimum Gasteiger partial charge on any atom is -0.383 e. The third-order valence-electron chi connectivity index (χ3n) is 2.61. The first-order valence-electron chi connectivity index (χ1n) is 5.43. The fourth-order valence-corrected chi connectivity index (χ4v) is 2.21. The molecule has 0 bridgehead atoms. The SMILES string of the molecule is CSc1ncc2c(n1)CC/C(=C\N(C)C)C2=O. The highest BCUT2D eigenvalue weighted by molar-refractivity contribution is 7.98. The zero-order valence-corrected chi connectivity index (χ0v) is 11.0. The summed E-state index contributed by atoms with van der Waals surface area (Å²) in [4.78, 5) is 22.6. The molecule has 0 aromatic carbocycles. The van der Waals surface area contributed by atoms with Crippen LogP contribution in [0.25, 0.3) is 0 Å². The van der Waals surface area contributed by atoms with Crippen LogP contribution < -0.4 is 0 Å². The number of fused-ring (bicyclic) bond motifs is 1. The van der Waals surface area contributed by atoms with Crippen molar-refractivity contribution in [2.24, 2.45) is 0 Å². The number of rotatable bonds is 2. The first kappa shape index (κ1) is 12.1. The van der Waals surface area contributed by atoms with Crippen LogP contribution in [0.4, 0.5) is 0 Å². The first-order chi connectivity index (χ1) is 8.11. The molecule has 0 N–H and O–H groups in total. The third kappa shape index (κ3) is 2.49. The summed E-state index contributed by atoms with van der Waals surface area (Å²) in [7, 11) is 3.84. The van der Waals surface area contributed by atoms with Crippen molar-refractivity contribution in [3.63, 3.8) is 0 Å². The van der Waals surface area contributed by atoms with Gasteiger partial charge in [0.2, 0.25) is 0 Å². The van der Waals surface area contributed by atoms with E-state index in [1.165, 1.54) is 11.8 Å². The van der Waals surface area contributed by atoms with Crippen LogP contribution in [0, 0.1) is 0 Å².